The van der Waals surface area contributed by atoms with Crippen LogP contribution in [0.25, 0.3) is 0 Å². The van der Waals surface area contributed by atoms with Crippen molar-refractivity contribution >= 4 is 31.7 Å². The number of benzene rings is 2. The van der Waals surface area contributed by atoms with E-state index in [-0.39, 0.29) is 32.4 Å². The van der Waals surface area contributed by atoms with E-state index in [1.54, 1.807) is 89.2 Å². The van der Waals surface area contributed by atoms with Crippen molar-refractivity contribution in [3.05, 3.63) is 71.8 Å². The molecule has 0 heterocycles. The molecule has 0 aliphatic carbocycles. The van der Waals surface area contributed by atoms with Gasteiger partial charge in [-0.1, -0.05) is 74.5 Å². The number of alkyl carbamates (subject to hydrolysis) is 2. The number of carboxylic acid groups (broad SMARTS) is 1. The van der Waals surface area contributed by atoms with E-state index in [1.165, 1.54) is 0 Å². The maximum atomic E-state index is 13.5. The maximum absolute atomic E-state index is 13.5. The Balaban J connectivity index is 2.10. The Morgan fingerprint density at radius 3 is 2.00 bits per heavy atom. The average Bonchev–Trinajstić information content (AvgIpc) is 2.95. The largest absolute Gasteiger partial charge is 0.479 e. The first kappa shape index (κ1) is 37.3. The van der Waals surface area contributed by atoms with E-state index in [9.17, 15) is 33.7 Å². The first-order valence-electron chi connectivity index (χ1n) is 14.6. The van der Waals surface area contributed by atoms with Crippen molar-refractivity contribution in [3.8, 4) is 0 Å². The summed E-state index contributed by atoms with van der Waals surface area (Å²) in [7, 11) is -4.80. The molecule has 0 aliphatic rings. The van der Waals surface area contributed by atoms with Crippen molar-refractivity contribution < 1.29 is 47.7 Å². The molecule has 45 heavy (non-hydrogen) atoms. The van der Waals surface area contributed by atoms with E-state index in [2.05, 4.69) is 16.0 Å². The molecule has 3 amide bonds. The van der Waals surface area contributed by atoms with Gasteiger partial charge in [0.05, 0.1) is 0 Å². The molecule has 0 spiro atoms. The Morgan fingerprint density at radius 1 is 0.889 bits per heavy atom. The van der Waals surface area contributed by atoms with Crippen LogP contribution in [0.4, 0.5) is 9.59 Å². The van der Waals surface area contributed by atoms with Gasteiger partial charge in [0.15, 0.2) is 6.10 Å². The number of rotatable bonds is 16. The Kier molecular flexibility index (Phi) is 14.5. The van der Waals surface area contributed by atoms with Gasteiger partial charge in [-0.25, -0.2) is 14.4 Å². The normalized spacial score (nSPS) is 14.7. The van der Waals surface area contributed by atoms with Crippen LogP contribution in [0.5, 0.6) is 0 Å². The number of carboxylic acids is 1. The van der Waals surface area contributed by atoms with Crippen molar-refractivity contribution in [3.63, 3.8) is 0 Å². The minimum absolute atomic E-state index is 0.0370. The number of ether oxygens (including phenoxy) is 2. The van der Waals surface area contributed by atoms with Crippen LogP contribution in [0.15, 0.2) is 60.7 Å². The Morgan fingerprint density at radius 2 is 1.47 bits per heavy atom. The van der Waals surface area contributed by atoms with E-state index < -0.39 is 61.1 Å². The standard InChI is InChI=1S/C31H44N3O10P/c1-21(2)27(45(40,41)44-25(28(36)37)17-12-18-32-29(38)43-31(3,4)5)34-26(35)24(19-22-13-8-6-9-14-22)33-30(39)42-20-23-15-10-7-11-16-23/h6-11,13-16,21,24-25,27H,12,17-20H2,1-5H3,(H,32,38)(H,33,39)(H,34,35)(H,36,37)(H,40,41). The first-order valence-corrected chi connectivity index (χ1v) is 16.2. The SMILES string of the molecule is CC(C)C(NC(=O)C(Cc1ccccc1)NC(=O)OCc1ccccc1)P(=O)(O)OC(CCCNC(=O)OC(C)(C)C)C(=O)O. The molecular weight excluding hydrogens is 605 g/mol. The quantitative estimate of drug-likeness (QED) is 0.127. The molecule has 4 unspecified atom stereocenters. The molecule has 0 saturated carbocycles. The smallest absolute Gasteiger partial charge is 0.408 e. The van der Waals surface area contributed by atoms with E-state index in [0.29, 0.717) is 5.56 Å². The third-order valence-corrected chi connectivity index (χ3v) is 8.23. The summed E-state index contributed by atoms with van der Waals surface area (Å²) in [6.07, 6.45) is -3.33. The second-order valence-electron chi connectivity index (χ2n) is 11.7. The molecule has 2 aromatic rings. The average molecular weight is 650 g/mol. The number of carbonyl (C=O) groups is 4. The highest BCUT2D eigenvalue weighted by atomic mass is 31.2. The highest BCUT2D eigenvalue weighted by Crippen LogP contribution is 2.50. The number of amides is 3. The van der Waals surface area contributed by atoms with Crippen molar-refractivity contribution in [2.75, 3.05) is 6.54 Å². The lowest BCUT2D eigenvalue weighted by atomic mass is 10.1. The van der Waals surface area contributed by atoms with Crippen LogP contribution in [0, 0.1) is 5.92 Å². The fraction of sp³-hybridized carbons (Fsp3) is 0.484. The second kappa shape index (κ2) is 17.5. The van der Waals surface area contributed by atoms with Gasteiger partial charge in [-0.3, -0.25) is 13.9 Å². The zero-order valence-electron chi connectivity index (χ0n) is 26.2. The van der Waals surface area contributed by atoms with Gasteiger partial charge in [0.2, 0.25) is 5.91 Å². The molecule has 0 bridgehead atoms. The van der Waals surface area contributed by atoms with Crippen molar-refractivity contribution in [1.82, 2.24) is 16.0 Å². The highest BCUT2D eigenvalue weighted by Gasteiger charge is 2.41. The third-order valence-electron chi connectivity index (χ3n) is 6.24. The fourth-order valence-electron chi connectivity index (χ4n) is 4.10. The summed E-state index contributed by atoms with van der Waals surface area (Å²) in [5.74, 6) is -4.46. The lowest BCUT2D eigenvalue weighted by molar-refractivity contribution is -0.145. The van der Waals surface area contributed by atoms with Crippen LogP contribution in [0.1, 0.15) is 58.6 Å². The van der Waals surface area contributed by atoms with Gasteiger partial charge in [-0.2, -0.15) is 0 Å². The summed E-state index contributed by atoms with van der Waals surface area (Å²) in [4.78, 5) is 60.7. The van der Waals surface area contributed by atoms with E-state index in [4.69, 9.17) is 14.0 Å². The lowest BCUT2D eigenvalue weighted by Gasteiger charge is -2.30. The molecule has 2 aromatic carbocycles. The zero-order chi connectivity index (χ0) is 33.6. The molecule has 0 saturated heterocycles. The Bertz CT molecular complexity index is 1300. The first-order chi connectivity index (χ1) is 21.1. The topological polar surface area (TPSA) is 190 Å². The van der Waals surface area contributed by atoms with Gasteiger partial charge >= 0.3 is 25.8 Å². The number of aliphatic carboxylic acids is 1. The van der Waals surface area contributed by atoms with Crippen LogP contribution < -0.4 is 16.0 Å². The number of hydrogen-bond donors (Lipinski definition) is 5. The van der Waals surface area contributed by atoms with Gasteiger partial charge in [0.25, 0.3) is 0 Å². The predicted molar refractivity (Wildman–Crippen MR) is 166 cm³/mol. The molecular formula is C31H44N3O10P. The van der Waals surface area contributed by atoms with Crippen LogP contribution in [-0.2, 0) is 41.2 Å². The Hall–Kier alpha value is -3.93. The zero-order valence-corrected chi connectivity index (χ0v) is 27.1. The van der Waals surface area contributed by atoms with E-state index >= 15 is 0 Å². The van der Waals surface area contributed by atoms with Crippen molar-refractivity contribution in [1.29, 1.82) is 0 Å². The summed E-state index contributed by atoms with van der Waals surface area (Å²) in [5, 5.41) is 17.2. The van der Waals surface area contributed by atoms with Gasteiger partial charge in [-0.15, -0.1) is 0 Å². The molecule has 5 N–H and O–H groups in total. The molecule has 0 radical (unpaired) electrons. The summed E-state index contributed by atoms with van der Waals surface area (Å²) in [5.41, 5.74) is 0.731. The van der Waals surface area contributed by atoms with Crippen molar-refractivity contribution in [2.24, 2.45) is 5.92 Å². The van der Waals surface area contributed by atoms with Crippen LogP contribution in [0.3, 0.4) is 0 Å². The molecule has 0 aliphatic heterocycles. The summed E-state index contributed by atoms with van der Waals surface area (Å²) < 4.78 is 29.0. The van der Waals surface area contributed by atoms with Crippen molar-refractivity contribution in [2.45, 2.75) is 84.0 Å². The van der Waals surface area contributed by atoms with Gasteiger partial charge in [-0.05, 0) is 50.7 Å². The van der Waals surface area contributed by atoms with Gasteiger partial charge < -0.3 is 35.4 Å². The molecule has 248 valence electrons. The van der Waals surface area contributed by atoms with Crippen LogP contribution in [-0.4, -0.2) is 64.1 Å². The molecule has 0 aromatic heterocycles. The second-order valence-corrected chi connectivity index (χ2v) is 13.6. The molecule has 4 atom stereocenters. The number of nitrogens with one attached hydrogen (secondary N) is 3. The summed E-state index contributed by atoms with van der Waals surface area (Å²) >= 11 is 0. The number of carbonyl (C=O) groups excluding carboxylic acids is 3. The summed E-state index contributed by atoms with van der Waals surface area (Å²) in [6.45, 7) is 8.21. The predicted octanol–water partition coefficient (Wildman–Crippen LogP) is 4.58. The third kappa shape index (κ3) is 14.1. The minimum atomic E-state index is -4.80. The number of hydrogen-bond acceptors (Lipinski definition) is 8. The molecule has 13 nitrogen and oxygen atoms in total. The maximum Gasteiger partial charge on any atom is 0.408 e. The monoisotopic (exact) mass is 649 g/mol. The van der Waals surface area contributed by atoms with E-state index in [1.807, 2.05) is 6.07 Å². The molecule has 0 fully saturated rings. The summed E-state index contributed by atoms with van der Waals surface area (Å²) in [6, 6.07) is 16.6. The van der Waals surface area contributed by atoms with Crippen LogP contribution in [0.2, 0.25) is 0 Å². The molecule has 2 rings (SSSR count). The van der Waals surface area contributed by atoms with Gasteiger partial charge in [0, 0.05) is 13.0 Å². The fourth-order valence-corrected chi connectivity index (χ4v) is 5.83. The molecule has 14 heteroatoms. The van der Waals surface area contributed by atoms with Crippen LogP contribution >= 0.6 is 7.60 Å². The Labute approximate surface area is 263 Å². The lowest BCUT2D eigenvalue weighted by Crippen LogP contribution is -2.52. The highest BCUT2D eigenvalue weighted by molar-refractivity contribution is 7.53. The minimum Gasteiger partial charge on any atom is -0.479 e. The van der Waals surface area contributed by atoms with E-state index in [0.717, 1.165) is 5.56 Å². The van der Waals surface area contributed by atoms with Gasteiger partial charge in [0.1, 0.15) is 24.0 Å².